The second kappa shape index (κ2) is 7.07. The molecule has 0 unspecified atom stereocenters. The van der Waals surface area contributed by atoms with Crippen LogP contribution >= 0.6 is 0 Å². The number of carbonyl (C=O) groups is 1. The van der Waals surface area contributed by atoms with Crippen molar-refractivity contribution in [2.45, 2.75) is 6.18 Å². The Hall–Kier alpha value is -2.10. The van der Waals surface area contributed by atoms with E-state index in [1.807, 2.05) is 0 Å². The van der Waals surface area contributed by atoms with E-state index in [0.29, 0.717) is 13.2 Å². The van der Waals surface area contributed by atoms with Crippen molar-refractivity contribution in [2.24, 2.45) is 0 Å². The standard InChI is InChI=1S/C11H16F3N5O2/c1-19(6-9(20)16-3-4-21-2)8-5-7(11(12,13)14)17-10(15)18-8/h5H,3-4,6H2,1-2H3,(H,16,20)(H2,15,17,18). The van der Waals surface area contributed by atoms with E-state index in [4.69, 9.17) is 10.5 Å². The number of anilines is 2. The Bertz CT molecular complexity index is 495. The fraction of sp³-hybridized carbons (Fsp3) is 0.545. The molecule has 0 saturated heterocycles. The van der Waals surface area contributed by atoms with Crippen LogP contribution in [0.1, 0.15) is 5.69 Å². The molecule has 118 valence electrons. The van der Waals surface area contributed by atoms with Gasteiger partial charge < -0.3 is 20.7 Å². The molecule has 1 rings (SSSR count). The Morgan fingerprint density at radius 2 is 2.14 bits per heavy atom. The number of aromatic nitrogens is 2. The zero-order valence-electron chi connectivity index (χ0n) is 11.6. The zero-order valence-corrected chi connectivity index (χ0v) is 11.6. The van der Waals surface area contributed by atoms with Crippen molar-refractivity contribution in [2.75, 3.05) is 44.5 Å². The second-order valence-electron chi connectivity index (χ2n) is 4.17. The van der Waals surface area contributed by atoms with Crippen LogP contribution in [0.25, 0.3) is 0 Å². The molecule has 0 aliphatic heterocycles. The number of nitrogens with zero attached hydrogens (tertiary/aromatic N) is 3. The topological polar surface area (TPSA) is 93.4 Å². The molecular weight excluding hydrogens is 291 g/mol. The highest BCUT2D eigenvalue weighted by Gasteiger charge is 2.33. The second-order valence-corrected chi connectivity index (χ2v) is 4.17. The summed E-state index contributed by atoms with van der Waals surface area (Å²) in [7, 11) is 2.92. The number of likely N-dealkylation sites (N-methyl/N-ethyl adjacent to an activating group) is 1. The summed E-state index contributed by atoms with van der Waals surface area (Å²) < 4.78 is 42.6. The van der Waals surface area contributed by atoms with Crippen LogP contribution in [-0.4, -0.2) is 49.7 Å². The van der Waals surface area contributed by atoms with Gasteiger partial charge in [0, 0.05) is 26.8 Å². The predicted octanol–water partition coefficient (Wildman–Crippen LogP) is 0.276. The fourth-order valence-electron chi connectivity index (χ4n) is 1.44. The first kappa shape index (κ1) is 17.0. The maximum Gasteiger partial charge on any atom is 0.433 e. The maximum atomic E-state index is 12.6. The molecule has 0 aliphatic carbocycles. The van der Waals surface area contributed by atoms with Gasteiger partial charge >= 0.3 is 6.18 Å². The number of methoxy groups -OCH3 is 1. The van der Waals surface area contributed by atoms with Crippen molar-refractivity contribution in [1.29, 1.82) is 0 Å². The van der Waals surface area contributed by atoms with Crippen LogP contribution < -0.4 is 16.0 Å². The van der Waals surface area contributed by atoms with E-state index >= 15 is 0 Å². The molecule has 0 fully saturated rings. The lowest BCUT2D eigenvalue weighted by Gasteiger charge is -2.19. The minimum atomic E-state index is -4.63. The lowest BCUT2D eigenvalue weighted by atomic mass is 10.3. The molecule has 1 heterocycles. The lowest BCUT2D eigenvalue weighted by Crippen LogP contribution is -2.37. The van der Waals surface area contributed by atoms with Crippen molar-refractivity contribution < 1.29 is 22.7 Å². The van der Waals surface area contributed by atoms with E-state index in [-0.39, 0.29) is 18.3 Å². The summed E-state index contributed by atoms with van der Waals surface area (Å²) in [6.07, 6.45) is -4.63. The first-order valence-corrected chi connectivity index (χ1v) is 5.92. The van der Waals surface area contributed by atoms with E-state index in [2.05, 4.69) is 15.3 Å². The Labute approximate surface area is 119 Å². The summed E-state index contributed by atoms with van der Waals surface area (Å²) in [5, 5.41) is 2.54. The SMILES string of the molecule is COCCNC(=O)CN(C)c1cc(C(F)(F)F)nc(N)n1. The summed E-state index contributed by atoms with van der Waals surface area (Å²) in [4.78, 5) is 19.6. The van der Waals surface area contributed by atoms with Crippen molar-refractivity contribution in [3.8, 4) is 0 Å². The van der Waals surface area contributed by atoms with Gasteiger partial charge in [0.25, 0.3) is 0 Å². The van der Waals surface area contributed by atoms with E-state index in [0.717, 1.165) is 6.07 Å². The molecule has 1 aromatic heterocycles. The van der Waals surface area contributed by atoms with Gasteiger partial charge in [-0.15, -0.1) is 0 Å². The molecule has 0 spiro atoms. The molecule has 1 amide bonds. The fourth-order valence-corrected chi connectivity index (χ4v) is 1.44. The highest BCUT2D eigenvalue weighted by Crippen LogP contribution is 2.29. The molecule has 21 heavy (non-hydrogen) atoms. The van der Waals surface area contributed by atoms with Gasteiger partial charge in [-0.1, -0.05) is 0 Å². The number of nitrogen functional groups attached to an aromatic ring is 1. The van der Waals surface area contributed by atoms with Crippen LogP contribution in [0.4, 0.5) is 24.9 Å². The van der Waals surface area contributed by atoms with Crippen molar-refractivity contribution in [3.05, 3.63) is 11.8 Å². The molecule has 1 aromatic rings. The number of carbonyl (C=O) groups excluding carboxylic acids is 1. The highest BCUT2D eigenvalue weighted by atomic mass is 19.4. The summed E-state index contributed by atoms with van der Waals surface area (Å²) in [5.41, 5.74) is 4.10. The van der Waals surface area contributed by atoms with Gasteiger partial charge in [0.1, 0.15) is 5.82 Å². The third-order valence-corrected chi connectivity index (χ3v) is 2.42. The first-order chi connectivity index (χ1) is 9.74. The smallest absolute Gasteiger partial charge is 0.383 e. The number of halogens is 3. The molecule has 7 nitrogen and oxygen atoms in total. The summed E-state index contributed by atoms with van der Waals surface area (Å²) in [5.74, 6) is -0.969. The Balaban J connectivity index is 2.76. The molecule has 0 atom stereocenters. The molecule has 0 saturated carbocycles. The van der Waals surface area contributed by atoms with E-state index in [1.54, 1.807) is 0 Å². The minimum absolute atomic E-state index is 0.0864. The van der Waals surface area contributed by atoms with E-state index in [9.17, 15) is 18.0 Å². The third kappa shape index (κ3) is 5.42. The van der Waals surface area contributed by atoms with Crippen LogP contribution in [0.2, 0.25) is 0 Å². The van der Waals surface area contributed by atoms with Gasteiger partial charge in [0.05, 0.1) is 13.2 Å². The van der Waals surface area contributed by atoms with Crippen LogP contribution in [-0.2, 0) is 15.7 Å². The van der Waals surface area contributed by atoms with Crippen molar-refractivity contribution in [1.82, 2.24) is 15.3 Å². The number of nitrogens with one attached hydrogen (secondary N) is 1. The average molecular weight is 307 g/mol. The quantitative estimate of drug-likeness (QED) is 0.733. The number of rotatable bonds is 6. The summed E-state index contributed by atoms with van der Waals surface area (Å²) in [6.45, 7) is 0.481. The Morgan fingerprint density at radius 3 is 2.71 bits per heavy atom. The van der Waals surface area contributed by atoms with Crippen LogP contribution in [0.15, 0.2) is 6.07 Å². The van der Waals surface area contributed by atoms with E-state index in [1.165, 1.54) is 19.1 Å². The molecule has 0 aliphatic rings. The van der Waals surface area contributed by atoms with Crippen LogP contribution in [0.5, 0.6) is 0 Å². The first-order valence-electron chi connectivity index (χ1n) is 5.92. The van der Waals surface area contributed by atoms with Crippen LogP contribution in [0, 0.1) is 0 Å². The lowest BCUT2D eigenvalue weighted by molar-refractivity contribution is -0.141. The molecular formula is C11H16F3N5O2. The Morgan fingerprint density at radius 1 is 1.48 bits per heavy atom. The highest BCUT2D eigenvalue weighted by molar-refractivity contribution is 5.80. The average Bonchev–Trinajstić information content (AvgIpc) is 2.37. The summed E-state index contributed by atoms with van der Waals surface area (Å²) in [6, 6.07) is 0.735. The molecule has 3 N–H and O–H groups in total. The Kier molecular flexibility index (Phi) is 5.70. The number of ether oxygens (including phenoxy) is 1. The molecule has 0 radical (unpaired) electrons. The number of hydrogen-bond acceptors (Lipinski definition) is 6. The predicted molar refractivity (Wildman–Crippen MR) is 69.6 cm³/mol. The zero-order chi connectivity index (χ0) is 16.0. The van der Waals surface area contributed by atoms with Crippen LogP contribution in [0.3, 0.4) is 0 Å². The van der Waals surface area contributed by atoms with Gasteiger partial charge in [-0.25, -0.2) is 4.98 Å². The maximum absolute atomic E-state index is 12.6. The molecule has 0 bridgehead atoms. The van der Waals surface area contributed by atoms with Gasteiger partial charge in [-0.05, 0) is 0 Å². The number of nitrogens with two attached hydrogens (primary N) is 1. The van der Waals surface area contributed by atoms with E-state index < -0.39 is 17.8 Å². The van der Waals surface area contributed by atoms with Gasteiger partial charge in [0.2, 0.25) is 11.9 Å². The van der Waals surface area contributed by atoms with Gasteiger partial charge in [-0.3, -0.25) is 4.79 Å². The number of amides is 1. The third-order valence-electron chi connectivity index (χ3n) is 2.42. The normalized spacial score (nSPS) is 11.3. The largest absolute Gasteiger partial charge is 0.433 e. The monoisotopic (exact) mass is 307 g/mol. The number of hydrogen-bond donors (Lipinski definition) is 2. The van der Waals surface area contributed by atoms with Crippen molar-refractivity contribution >= 4 is 17.7 Å². The van der Waals surface area contributed by atoms with Gasteiger partial charge in [0.15, 0.2) is 5.69 Å². The molecule has 10 heteroatoms. The van der Waals surface area contributed by atoms with Gasteiger partial charge in [-0.2, -0.15) is 18.2 Å². The number of alkyl halides is 3. The van der Waals surface area contributed by atoms with Crippen molar-refractivity contribution in [3.63, 3.8) is 0 Å². The minimum Gasteiger partial charge on any atom is -0.383 e. The summed E-state index contributed by atoms with van der Waals surface area (Å²) >= 11 is 0. The molecule has 0 aromatic carbocycles.